The number of fused-ring (bicyclic) bond motifs is 2. The van der Waals surface area contributed by atoms with Gasteiger partial charge in [-0.3, -0.25) is 0 Å². The summed E-state index contributed by atoms with van der Waals surface area (Å²) in [7, 11) is 0. The van der Waals surface area contributed by atoms with Crippen LogP contribution in [-0.4, -0.2) is 6.16 Å². The molecule has 0 heterocycles. The standard InChI is InChI=1S/2C14H17.C7H8Si.2ClH.Zr/c2*1-4-5-12-6-10(2)7-13-8-11(3)9-14(12)13;8-6-7-4-2-1-3-5-7;;;/h2*6-9H,4-5H2,1-3H3;1-5,8H,6H2;2*1H;/q2*-1;;;;+2/p-2. The number of halogens is 2. The predicted molar refractivity (Wildman–Crippen MR) is 163 cm³/mol. The van der Waals surface area contributed by atoms with Crippen LogP contribution >= 0.6 is 0 Å². The third-order valence-corrected chi connectivity index (χ3v) is 8.79. The molecule has 0 bridgehead atoms. The van der Waals surface area contributed by atoms with Crippen LogP contribution in [0, 0.1) is 27.7 Å². The molecule has 0 radical (unpaired) electrons. The molecule has 0 spiro atoms. The van der Waals surface area contributed by atoms with Crippen molar-refractivity contribution >= 4 is 27.7 Å². The van der Waals surface area contributed by atoms with E-state index in [1.54, 1.807) is 23.3 Å². The Morgan fingerprint density at radius 2 is 1.08 bits per heavy atom. The maximum atomic E-state index is 2.32. The second-order valence-corrected chi connectivity index (χ2v) is 14.1. The Balaban J connectivity index is 0.000000292. The fourth-order valence-corrected chi connectivity index (χ4v) is 7.36. The van der Waals surface area contributed by atoms with Crippen LogP contribution in [-0.2, 0) is 42.2 Å². The van der Waals surface area contributed by atoms with Gasteiger partial charge in [-0.1, -0.05) is 74.9 Å². The van der Waals surface area contributed by atoms with E-state index in [-0.39, 0.29) is 24.8 Å². The van der Waals surface area contributed by atoms with Gasteiger partial charge in [0, 0.05) is 0 Å². The third kappa shape index (κ3) is 10.8. The molecule has 0 N–H and O–H groups in total. The molecule has 0 aliphatic carbocycles. The molecule has 5 aromatic rings. The number of aryl methyl sites for hydroxylation is 6. The van der Waals surface area contributed by atoms with Gasteiger partial charge in [0.25, 0.3) is 0 Å². The SMILES string of the molecule is CCCc1cc(C)cc2[cH-]c(C)cc12.CCCc1cc(C)cc2[cH-]c(C)cc12.[Cl-].[Cl-].[Zr+2]=[SiH]Cc1ccccc1. The summed E-state index contributed by atoms with van der Waals surface area (Å²) in [5.74, 6) is 0. The van der Waals surface area contributed by atoms with Crippen LogP contribution in [0.5, 0.6) is 0 Å². The van der Waals surface area contributed by atoms with Gasteiger partial charge in [0.05, 0.1) is 0 Å². The Kier molecular flexibility index (Phi) is 16.5. The van der Waals surface area contributed by atoms with Gasteiger partial charge >= 0.3 is 71.4 Å². The fraction of sp³-hybridized carbons (Fsp3) is 0.314. The monoisotopic (exact) mass is 650 g/mol. The second-order valence-electron chi connectivity index (χ2n) is 10.3. The summed E-state index contributed by atoms with van der Waals surface area (Å²) in [6.07, 6.45) is 5.56. The Hall–Kier alpha value is -1.44. The molecule has 0 fully saturated rings. The van der Waals surface area contributed by atoms with E-state index in [1.165, 1.54) is 92.2 Å². The van der Waals surface area contributed by atoms with Crippen molar-refractivity contribution < 1.29 is 48.1 Å². The van der Waals surface area contributed by atoms with Crippen LogP contribution < -0.4 is 24.8 Å². The van der Waals surface area contributed by atoms with Gasteiger partial charge in [0.1, 0.15) is 0 Å². The topological polar surface area (TPSA) is 0 Å². The van der Waals surface area contributed by atoms with Gasteiger partial charge in [-0.15, -0.1) is 56.9 Å². The van der Waals surface area contributed by atoms with E-state index in [0.717, 1.165) is 0 Å². The summed E-state index contributed by atoms with van der Waals surface area (Å²) in [5, 5.41) is 5.72. The number of hydrogen-bond acceptors (Lipinski definition) is 0. The quantitative estimate of drug-likeness (QED) is 0.195. The zero-order valence-corrected chi connectivity index (χ0v) is 29.5. The first kappa shape index (κ1) is 35.6. The van der Waals surface area contributed by atoms with Crippen molar-refractivity contribution in [1.82, 2.24) is 0 Å². The van der Waals surface area contributed by atoms with E-state index in [1.807, 2.05) is 0 Å². The van der Waals surface area contributed by atoms with E-state index >= 15 is 0 Å². The minimum absolute atomic E-state index is 0. The summed E-state index contributed by atoms with van der Waals surface area (Å²) < 4.78 is 0. The number of benzene rings is 3. The van der Waals surface area contributed by atoms with Crippen LogP contribution in [0.2, 0.25) is 0 Å². The van der Waals surface area contributed by atoms with Crippen LogP contribution in [0.3, 0.4) is 0 Å². The molecular formula is C35H42Cl2SiZr-2. The zero-order valence-electron chi connectivity index (χ0n) is 24.4. The van der Waals surface area contributed by atoms with E-state index in [0.29, 0.717) is 6.16 Å². The van der Waals surface area contributed by atoms with Crippen LogP contribution in [0.4, 0.5) is 0 Å². The normalized spacial score (nSPS) is 10.1. The maximum absolute atomic E-state index is 2.32. The van der Waals surface area contributed by atoms with E-state index < -0.39 is 0 Å². The molecule has 0 aliphatic rings. The van der Waals surface area contributed by atoms with Crippen molar-refractivity contribution in [3.05, 3.63) is 118 Å². The molecule has 206 valence electrons. The second kappa shape index (κ2) is 18.1. The summed E-state index contributed by atoms with van der Waals surface area (Å²) in [4.78, 5) is 0. The summed E-state index contributed by atoms with van der Waals surface area (Å²) in [6, 6.07) is 30.4. The minimum atomic E-state index is 0. The summed E-state index contributed by atoms with van der Waals surface area (Å²) >= 11 is 1.72. The molecule has 39 heavy (non-hydrogen) atoms. The fourth-order valence-electron chi connectivity index (χ4n) is 5.11. The first-order chi connectivity index (χ1) is 17.8. The van der Waals surface area contributed by atoms with Crippen LogP contribution in [0.25, 0.3) is 21.5 Å². The molecule has 4 heteroatoms. The molecule has 0 saturated carbocycles. The van der Waals surface area contributed by atoms with Gasteiger partial charge in [0.15, 0.2) is 0 Å². The Labute approximate surface area is 265 Å². The number of rotatable bonds is 6. The van der Waals surface area contributed by atoms with E-state index in [2.05, 4.69) is 120 Å². The number of hydrogen-bond donors (Lipinski definition) is 0. The van der Waals surface area contributed by atoms with Crippen molar-refractivity contribution in [2.45, 2.75) is 73.3 Å². The van der Waals surface area contributed by atoms with Crippen molar-refractivity contribution in [3.8, 4) is 0 Å². The van der Waals surface area contributed by atoms with Gasteiger partial charge in [-0.05, 0) is 26.7 Å². The average molecular weight is 653 g/mol. The van der Waals surface area contributed by atoms with Gasteiger partial charge in [0.2, 0.25) is 0 Å². The van der Waals surface area contributed by atoms with Crippen molar-refractivity contribution in [2.24, 2.45) is 0 Å². The Morgan fingerprint density at radius 3 is 1.46 bits per heavy atom. The summed E-state index contributed by atoms with van der Waals surface area (Å²) in [6.45, 7) is 13.2. The van der Waals surface area contributed by atoms with E-state index in [4.69, 9.17) is 0 Å². The van der Waals surface area contributed by atoms with Crippen molar-refractivity contribution in [1.29, 1.82) is 0 Å². The third-order valence-electron chi connectivity index (χ3n) is 6.61. The first-order valence-corrected chi connectivity index (χ1v) is 19.4. The molecule has 5 rings (SSSR count). The molecule has 0 saturated heterocycles. The van der Waals surface area contributed by atoms with Crippen LogP contribution in [0.1, 0.15) is 65.6 Å². The van der Waals surface area contributed by atoms with Crippen LogP contribution in [0.15, 0.2) is 78.9 Å². The molecule has 0 aromatic heterocycles. The molecule has 0 unspecified atom stereocenters. The molecule has 0 atom stereocenters. The molecule has 0 amide bonds. The molecule has 0 aliphatic heterocycles. The van der Waals surface area contributed by atoms with E-state index in [9.17, 15) is 0 Å². The Morgan fingerprint density at radius 1 is 0.641 bits per heavy atom. The predicted octanol–water partition coefficient (Wildman–Crippen LogP) is 3.35. The average Bonchev–Trinajstić information content (AvgIpc) is 3.42. The van der Waals surface area contributed by atoms with Gasteiger partial charge in [-0.25, -0.2) is 0 Å². The zero-order chi connectivity index (χ0) is 26.8. The van der Waals surface area contributed by atoms with Crippen molar-refractivity contribution in [2.75, 3.05) is 0 Å². The van der Waals surface area contributed by atoms with Gasteiger partial charge < -0.3 is 24.8 Å². The Bertz CT molecular complexity index is 1340. The first-order valence-electron chi connectivity index (χ1n) is 13.7. The summed E-state index contributed by atoms with van der Waals surface area (Å²) in [5.41, 5.74) is 10.0. The van der Waals surface area contributed by atoms with Gasteiger partial charge in [-0.2, -0.15) is 12.1 Å². The molecule has 0 nitrogen and oxygen atoms in total. The van der Waals surface area contributed by atoms with Crippen molar-refractivity contribution in [3.63, 3.8) is 0 Å². The molecular weight excluding hydrogens is 611 g/mol. The molecule has 5 aromatic carbocycles.